The van der Waals surface area contributed by atoms with Crippen LogP contribution in [-0.4, -0.2) is 23.5 Å². The third kappa shape index (κ3) is 4.56. The van der Waals surface area contributed by atoms with Gasteiger partial charge in [0.25, 0.3) is 0 Å². The van der Waals surface area contributed by atoms with Gasteiger partial charge in [-0.2, -0.15) is 0 Å². The van der Waals surface area contributed by atoms with Crippen LogP contribution >= 0.6 is 0 Å². The first-order valence-corrected chi connectivity index (χ1v) is 6.85. The van der Waals surface area contributed by atoms with Crippen molar-refractivity contribution in [3.05, 3.63) is 66.0 Å². The molecule has 22 heavy (non-hydrogen) atoms. The lowest BCUT2D eigenvalue weighted by molar-refractivity contribution is -0.111. The van der Waals surface area contributed by atoms with Crippen LogP contribution in [-0.2, 0) is 9.53 Å². The molecule has 2 aromatic rings. The van der Waals surface area contributed by atoms with Crippen LogP contribution in [0.1, 0.15) is 22.8 Å². The molecule has 1 amide bonds. The summed E-state index contributed by atoms with van der Waals surface area (Å²) in [7, 11) is 0. The van der Waals surface area contributed by atoms with Gasteiger partial charge in [0, 0.05) is 24.2 Å². The normalized spacial score (nSPS) is 10.4. The molecule has 0 radical (unpaired) electrons. The number of carbonyl (C=O) groups is 2. The van der Waals surface area contributed by atoms with E-state index < -0.39 is 5.97 Å². The first kappa shape index (κ1) is 15.4. The monoisotopic (exact) mass is 296 g/mol. The summed E-state index contributed by atoms with van der Waals surface area (Å²) < 4.78 is 4.92. The standard InChI is InChI=1S/C17H16N2O3/c1-2-22-17(21)14-6-3-7-15(11-14)19-16(20)9-8-13-5-4-10-18-12-13/h3-12H,2H2,1H3,(H,19,20). The second kappa shape index (κ2) is 7.73. The molecule has 0 fully saturated rings. The number of anilines is 1. The first-order chi connectivity index (χ1) is 10.7. The Balaban J connectivity index is 2.01. The molecule has 1 heterocycles. The Hall–Kier alpha value is -2.95. The third-order valence-corrected chi connectivity index (χ3v) is 2.75. The van der Waals surface area contributed by atoms with Crippen LogP contribution in [0.5, 0.6) is 0 Å². The molecular weight excluding hydrogens is 280 g/mol. The first-order valence-electron chi connectivity index (χ1n) is 6.85. The van der Waals surface area contributed by atoms with Crippen molar-refractivity contribution in [2.75, 3.05) is 11.9 Å². The van der Waals surface area contributed by atoms with Gasteiger partial charge in [-0.25, -0.2) is 4.79 Å². The second-order valence-corrected chi connectivity index (χ2v) is 4.41. The number of carbonyl (C=O) groups excluding carboxylic acids is 2. The van der Waals surface area contributed by atoms with Gasteiger partial charge in [0.15, 0.2) is 0 Å². The summed E-state index contributed by atoms with van der Waals surface area (Å²) in [5.41, 5.74) is 1.76. The summed E-state index contributed by atoms with van der Waals surface area (Å²) in [5.74, 6) is -0.700. The van der Waals surface area contributed by atoms with E-state index >= 15 is 0 Å². The highest BCUT2D eigenvalue weighted by atomic mass is 16.5. The van der Waals surface area contributed by atoms with E-state index in [0.29, 0.717) is 17.9 Å². The highest BCUT2D eigenvalue weighted by Gasteiger charge is 2.07. The van der Waals surface area contributed by atoms with Gasteiger partial charge in [-0.3, -0.25) is 9.78 Å². The number of amides is 1. The summed E-state index contributed by atoms with van der Waals surface area (Å²) in [6.45, 7) is 2.05. The minimum absolute atomic E-state index is 0.287. The van der Waals surface area contributed by atoms with Crippen molar-refractivity contribution < 1.29 is 14.3 Å². The van der Waals surface area contributed by atoms with Crippen LogP contribution in [0, 0.1) is 0 Å². The quantitative estimate of drug-likeness (QED) is 0.680. The number of benzene rings is 1. The molecule has 0 saturated carbocycles. The predicted octanol–water partition coefficient (Wildman–Crippen LogP) is 2.91. The van der Waals surface area contributed by atoms with Gasteiger partial charge >= 0.3 is 5.97 Å². The fourth-order valence-corrected chi connectivity index (χ4v) is 1.77. The molecular formula is C17H16N2O3. The lowest BCUT2D eigenvalue weighted by Crippen LogP contribution is -2.09. The summed E-state index contributed by atoms with van der Waals surface area (Å²) >= 11 is 0. The molecule has 0 aliphatic carbocycles. The SMILES string of the molecule is CCOC(=O)c1cccc(NC(=O)C=Cc2cccnc2)c1. The Morgan fingerprint density at radius 3 is 2.86 bits per heavy atom. The number of pyridine rings is 1. The zero-order valence-corrected chi connectivity index (χ0v) is 12.2. The van der Waals surface area contributed by atoms with Crippen molar-refractivity contribution in [3.8, 4) is 0 Å². The van der Waals surface area contributed by atoms with E-state index in [2.05, 4.69) is 10.3 Å². The molecule has 1 N–H and O–H groups in total. The van der Waals surface area contributed by atoms with E-state index in [9.17, 15) is 9.59 Å². The van der Waals surface area contributed by atoms with Gasteiger partial charge in [0.1, 0.15) is 0 Å². The summed E-state index contributed by atoms with van der Waals surface area (Å²) in [5, 5.41) is 2.70. The fraction of sp³-hybridized carbons (Fsp3) is 0.118. The minimum atomic E-state index is -0.412. The molecule has 0 atom stereocenters. The van der Waals surface area contributed by atoms with E-state index in [-0.39, 0.29) is 5.91 Å². The number of hydrogen-bond acceptors (Lipinski definition) is 4. The molecule has 0 spiro atoms. The van der Waals surface area contributed by atoms with Gasteiger partial charge in [-0.05, 0) is 42.8 Å². The Morgan fingerprint density at radius 2 is 2.14 bits per heavy atom. The molecule has 1 aromatic carbocycles. The van der Waals surface area contributed by atoms with Crippen molar-refractivity contribution in [2.45, 2.75) is 6.92 Å². The number of nitrogens with zero attached hydrogens (tertiary/aromatic N) is 1. The Bertz CT molecular complexity index is 681. The molecule has 112 valence electrons. The van der Waals surface area contributed by atoms with Crippen molar-refractivity contribution in [3.63, 3.8) is 0 Å². The number of esters is 1. The van der Waals surface area contributed by atoms with Crippen LogP contribution in [0.3, 0.4) is 0 Å². The van der Waals surface area contributed by atoms with Crippen molar-refractivity contribution in [2.24, 2.45) is 0 Å². The van der Waals surface area contributed by atoms with Crippen molar-refractivity contribution >= 4 is 23.6 Å². The molecule has 0 saturated heterocycles. The van der Waals surface area contributed by atoms with Gasteiger partial charge < -0.3 is 10.1 Å². The lowest BCUT2D eigenvalue weighted by Gasteiger charge is -2.05. The Labute approximate surface area is 128 Å². The van der Waals surface area contributed by atoms with Crippen LogP contribution in [0.4, 0.5) is 5.69 Å². The average molecular weight is 296 g/mol. The zero-order valence-electron chi connectivity index (χ0n) is 12.2. The Kier molecular flexibility index (Phi) is 5.43. The maximum absolute atomic E-state index is 11.9. The molecule has 5 nitrogen and oxygen atoms in total. The van der Waals surface area contributed by atoms with Gasteiger partial charge in [0.2, 0.25) is 5.91 Å². The minimum Gasteiger partial charge on any atom is -0.462 e. The molecule has 0 aliphatic heterocycles. The van der Waals surface area contributed by atoms with Crippen LogP contribution < -0.4 is 5.32 Å². The summed E-state index contributed by atoms with van der Waals surface area (Å²) in [6.07, 6.45) is 6.40. The van der Waals surface area contributed by atoms with E-state index in [0.717, 1.165) is 5.56 Å². The maximum Gasteiger partial charge on any atom is 0.338 e. The topological polar surface area (TPSA) is 68.3 Å². The van der Waals surface area contributed by atoms with E-state index in [1.807, 2.05) is 6.07 Å². The number of nitrogens with one attached hydrogen (secondary N) is 1. The van der Waals surface area contributed by atoms with Crippen molar-refractivity contribution in [1.29, 1.82) is 0 Å². The second-order valence-electron chi connectivity index (χ2n) is 4.41. The zero-order chi connectivity index (χ0) is 15.8. The molecule has 0 unspecified atom stereocenters. The molecule has 1 aromatic heterocycles. The van der Waals surface area contributed by atoms with Crippen LogP contribution in [0.2, 0.25) is 0 Å². The van der Waals surface area contributed by atoms with E-state index in [1.165, 1.54) is 6.08 Å². The highest BCUT2D eigenvalue weighted by Crippen LogP contribution is 2.12. The largest absolute Gasteiger partial charge is 0.462 e. The van der Waals surface area contributed by atoms with Gasteiger partial charge in [-0.15, -0.1) is 0 Å². The summed E-state index contributed by atoms with van der Waals surface area (Å²) in [6, 6.07) is 10.2. The van der Waals surface area contributed by atoms with Crippen LogP contribution in [0.25, 0.3) is 6.08 Å². The van der Waals surface area contributed by atoms with E-state index in [4.69, 9.17) is 4.74 Å². The van der Waals surface area contributed by atoms with Gasteiger partial charge in [0.05, 0.1) is 12.2 Å². The number of rotatable bonds is 5. The maximum atomic E-state index is 11.9. The molecule has 2 rings (SSSR count). The summed E-state index contributed by atoms with van der Waals surface area (Å²) in [4.78, 5) is 27.5. The average Bonchev–Trinajstić information content (AvgIpc) is 2.54. The molecule has 5 heteroatoms. The molecule has 0 bridgehead atoms. The third-order valence-electron chi connectivity index (χ3n) is 2.75. The van der Waals surface area contributed by atoms with Gasteiger partial charge in [-0.1, -0.05) is 12.1 Å². The lowest BCUT2D eigenvalue weighted by atomic mass is 10.2. The highest BCUT2D eigenvalue weighted by molar-refractivity contribution is 6.02. The number of hydrogen-bond donors (Lipinski definition) is 1. The smallest absolute Gasteiger partial charge is 0.338 e. The fourth-order valence-electron chi connectivity index (χ4n) is 1.77. The predicted molar refractivity (Wildman–Crippen MR) is 84.3 cm³/mol. The van der Waals surface area contributed by atoms with Crippen LogP contribution in [0.15, 0.2) is 54.9 Å². The number of ether oxygens (including phenoxy) is 1. The van der Waals surface area contributed by atoms with E-state index in [1.54, 1.807) is 55.7 Å². The number of aromatic nitrogens is 1. The molecule has 0 aliphatic rings. The Morgan fingerprint density at radius 1 is 1.27 bits per heavy atom. The van der Waals surface area contributed by atoms with Crippen molar-refractivity contribution in [1.82, 2.24) is 4.98 Å².